The van der Waals surface area contributed by atoms with Gasteiger partial charge in [0.25, 0.3) is 0 Å². The molecule has 1 aliphatic rings. The molecule has 0 spiro atoms. The lowest BCUT2D eigenvalue weighted by Crippen LogP contribution is -2.48. The summed E-state index contributed by atoms with van der Waals surface area (Å²) >= 11 is 18.8. The van der Waals surface area contributed by atoms with Gasteiger partial charge < -0.3 is 4.90 Å². The molecule has 0 N–H and O–H groups in total. The first-order valence-electron chi connectivity index (χ1n) is 9.72. The van der Waals surface area contributed by atoms with Crippen LogP contribution in [-0.2, 0) is 6.54 Å². The van der Waals surface area contributed by atoms with Gasteiger partial charge in [-0.05, 0) is 53.6 Å². The average Bonchev–Trinajstić information content (AvgIpc) is 2.75. The molecule has 1 atom stereocenters. The van der Waals surface area contributed by atoms with Crippen molar-refractivity contribution >= 4 is 40.5 Å². The second-order valence-electron chi connectivity index (χ2n) is 7.40. The maximum Gasteiger partial charge on any atom is 0.0991 e. The Morgan fingerprint density at radius 1 is 0.867 bits per heavy atom. The minimum Gasteiger partial charge on any atom is -0.361 e. The molecule has 1 saturated heterocycles. The zero-order chi connectivity index (χ0) is 21.1. The highest BCUT2D eigenvalue weighted by Gasteiger charge is 2.29. The molecule has 3 nitrogen and oxygen atoms in total. The third-order valence-corrected chi connectivity index (χ3v) is 6.22. The Bertz CT molecular complexity index is 1060. The molecule has 1 fully saturated rings. The smallest absolute Gasteiger partial charge is 0.0991 e. The van der Waals surface area contributed by atoms with Crippen molar-refractivity contribution in [3.05, 3.63) is 98.5 Å². The number of nitrogens with zero attached hydrogens (tertiary/aromatic N) is 3. The molecule has 0 amide bonds. The van der Waals surface area contributed by atoms with Crippen LogP contribution < -0.4 is 4.90 Å². The number of anilines is 1. The quantitative estimate of drug-likeness (QED) is 0.444. The van der Waals surface area contributed by atoms with Crippen LogP contribution in [0.15, 0.2) is 66.7 Å². The highest BCUT2D eigenvalue weighted by Crippen LogP contribution is 2.37. The molecule has 3 aromatic carbocycles. The first-order chi connectivity index (χ1) is 14.5. The summed E-state index contributed by atoms with van der Waals surface area (Å²) in [7, 11) is 0. The van der Waals surface area contributed by atoms with E-state index in [2.05, 4.69) is 28.0 Å². The van der Waals surface area contributed by atoms with Crippen LogP contribution in [0.4, 0.5) is 5.69 Å². The molecule has 0 saturated carbocycles. The molecule has 1 unspecified atom stereocenters. The van der Waals surface area contributed by atoms with Gasteiger partial charge in [-0.2, -0.15) is 5.26 Å². The van der Waals surface area contributed by atoms with Crippen LogP contribution in [-0.4, -0.2) is 24.5 Å². The van der Waals surface area contributed by atoms with E-state index in [-0.39, 0.29) is 6.04 Å². The number of hydrogen-bond donors (Lipinski definition) is 0. The minimum absolute atomic E-state index is 0.132. The van der Waals surface area contributed by atoms with Crippen LogP contribution in [0.25, 0.3) is 0 Å². The predicted octanol–water partition coefficient (Wildman–Crippen LogP) is 6.58. The summed E-state index contributed by atoms with van der Waals surface area (Å²) in [5.41, 5.74) is 4.05. The van der Waals surface area contributed by atoms with E-state index in [4.69, 9.17) is 40.1 Å². The third-order valence-electron chi connectivity index (χ3n) is 5.43. The third kappa shape index (κ3) is 4.74. The summed E-state index contributed by atoms with van der Waals surface area (Å²) in [5, 5.41) is 11.0. The van der Waals surface area contributed by atoms with E-state index in [1.165, 1.54) is 11.1 Å². The van der Waals surface area contributed by atoms with E-state index < -0.39 is 0 Å². The molecule has 30 heavy (non-hydrogen) atoms. The number of nitriles is 1. The van der Waals surface area contributed by atoms with Gasteiger partial charge in [-0.25, -0.2) is 0 Å². The molecular weight excluding hydrogens is 437 g/mol. The van der Waals surface area contributed by atoms with E-state index in [9.17, 15) is 0 Å². The Morgan fingerprint density at radius 3 is 2.23 bits per heavy atom. The Hall–Kier alpha value is -2.22. The second-order valence-corrected chi connectivity index (χ2v) is 8.68. The van der Waals surface area contributed by atoms with Crippen molar-refractivity contribution in [2.45, 2.75) is 12.6 Å². The molecule has 1 aliphatic heterocycles. The largest absolute Gasteiger partial charge is 0.361 e. The Labute approximate surface area is 192 Å². The first-order valence-corrected chi connectivity index (χ1v) is 10.9. The van der Waals surface area contributed by atoms with Crippen molar-refractivity contribution in [3.63, 3.8) is 0 Å². The van der Waals surface area contributed by atoms with Crippen molar-refractivity contribution in [1.82, 2.24) is 4.90 Å². The lowest BCUT2D eigenvalue weighted by molar-refractivity contribution is 0.215. The zero-order valence-corrected chi connectivity index (χ0v) is 18.5. The predicted molar refractivity (Wildman–Crippen MR) is 124 cm³/mol. The van der Waals surface area contributed by atoms with Crippen LogP contribution in [0.5, 0.6) is 0 Å². The van der Waals surface area contributed by atoms with Gasteiger partial charge in [0.15, 0.2) is 0 Å². The normalized spacial score (nSPS) is 17.0. The van der Waals surface area contributed by atoms with Crippen LogP contribution in [0, 0.1) is 11.3 Å². The zero-order valence-electron chi connectivity index (χ0n) is 16.2. The van der Waals surface area contributed by atoms with Gasteiger partial charge in [0.2, 0.25) is 0 Å². The van der Waals surface area contributed by atoms with Crippen LogP contribution in [0.1, 0.15) is 22.7 Å². The molecule has 6 heteroatoms. The van der Waals surface area contributed by atoms with Crippen molar-refractivity contribution < 1.29 is 0 Å². The number of piperazine rings is 1. The highest BCUT2D eigenvalue weighted by atomic mass is 35.5. The van der Waals surface area contributed by atoms with E-state index in [1.807, 2.05) is 48.5 Å². The molecule has 0 aliphatic carbocycles. The Kier molecular flexibility index (Phi) is 6.51. The molecule has 0 radical (unpaired) electrons. The van der Waals surface area contributed by atoms with E-state index in [1.54, 1.807) is 6.07 Å². The molecule has 4 rings (SSSR count). The van der Waals surface area contributed by atoms with Gasteiger partial charge in [-0.3, -0.25) is 4.90 Å². The summed E-state index contributed by atoms with van der Waals surface area (Å²) < 4.78 is 0. The standard InChI is InChI=1S/C24H20Cl3N3/c25-20-7-5-19(6-8-20)24-16-29(15-18-3-1-17(14-28)2-4-18)11-12-30(24)23-10-9-21(26)13-22(23)27/h1-10,13,24H,11-12,15-16H2. The summed E-state index contributed by atoms with van der Waals surface area (Å²) in [6, 6.07) is 23.8. The fraction of sp³-hybridized carbons (Fsp3) is 0.208. The van der Waals surface area contributed by atoms with Crippen molar-refractivity contribution in [2.75, 3.05) is 24.5 Å². The van der Waals surface area contributed by atoms with Gasteiger partial charge in [0, 0.05) is 36.2 Å². The van der Waals surface area contributed by atoms with Gasteiger partial charge in [0.1, 0.15) is 0 Å². The maximum absolute atomic E-state index is 9.01. The topological polar surface area (TPSA) is 30.3 Å². The van der Waals surface area contributed by atoms with Crippen LogP contribution >= 0.6 is 34.8 Å². The second kappa shape index (κ2) is 9.29. The lowest BCUT2D eigenvalue weighted by atomic mass is 10.0. The number of rotatable bonds is 4. The van der Waals surface area contributed by atoms with E-state index >= 15 is 0 Å². The molecule has 0 aromatic heterocycles. The van der Waals surface area contributed by atoms with Crippen molar-refractivity contribution in [2.24, 2.45) is 0 Å². The van der Waals surface area contributed by atoms with E-state index in [0.717, 1.165) is 36.9 Å². The molecular formula is C24H20Cl3N3. The van der Waals surface area contributed by atoms with Crippen LogP contribution in [0.3, 0.4) is 0 Å². The van der Waals surface area contributed by atoms with E-state index in [0.29, 0.717) is 15.6 Å². The van der Waals surface area contributed by atoms with Gasteiger partial charge in [-0.1, -0.05) is 59.1 Å². The maximum atomic E-state index is 9.01. The number of halogens is 3. The first kappa shape index (κ1) is 21.0. The van der Waals surface area contributed by atoms with Crippen LogP contribution in [0.2, 0.25) is 15.1 Å². The minimum atomic E-state index is 0.132. The van der Waals surface area contributed by atoms with Gasteiger partial charge in [0.05, 0.1) is 28.4 Å². The summed E-state index contributed by atoms with van der Waals surface area (Å²) in [6.45, 7) is 3.42. The molecule has 0 bridgehead atoms. The van der Waals surface area contributed by atoms with Gasteiger partial charge >= 0.3 is 0 Å². The van der Waals surface area contributed by atoms with Crippen molar-refractivity contribution in [3.8, 4) is 6.07 Å². The lowest BCUT2D eigenvalue weighted by Gasteiger charge is -2.43. The monoisotopic (exact) mass is 455 g/mol. The molecule has 3 aromatic rings. The number of hydrogen-bond acceptors (Lipinski definition) is 3. The summed E-state index contributed by atoms with van der Waals surface area (Å²) in [4.78, 5) is 4.78. The Balaban J connectivity index is 1.60. The van der Waals surface area contributed by atoms with Gasteiger partial charge in [-0.15, -0.1) is 0 Å². The highest BCUT2D eigenvalue weighted by molar-refractivity contribution is 6.36. The summed E-state index contributed by atoms with van der Waals surface area (Å²) in [6.07, 6.45) is 0. The average molecular weight is 457 g/mol. The molecule has 152 valence electrons. The fourth-order valence-electron chi connectivity index (χ4n) is 3.90. The number of benzene rings is 3. The summed E-state index contributed by atoms with van der Waals surface area (Å²) in [5.74, 6) is 0. The van der Waals surface area contributed by atoms with Crippen molar-refractivity contribution in [1.29, 1.82) is 5.26 Å². The molecule has 1 heterocycles. The fourth-order valence-corrected chi connectivity index (χ4v) is 4.54. The SMILES string of the molecule is N#Cc1ccc(CN2CCN(c3ccc(Cl)cc3Cl)C(c3ccc(Cl)cc3)C2)cc1. The Morgan fingerprint density at radius 2 is 1.57 bits per heavy atom.